The Balaban J connectivity index is 1.74. The first-order valence-corrected chi connectivity index (χ1v) is 7.53. The number of likely N-dealkylation sites (tertiary alicyclic amines) is 1. The highest BCUT2D eigenvalue weighted by atomic mass is 15.2. The van der Waals surface area contributed by atoms with E-state index in [0.29, 0.717) is 0 Å². The molecule has 0 radical (unpaired) electrons. The largest absolute Gasteiger partial charge is 0.314 e. The van der Waals surface area contributed by atoms with E-state index in [1.165, 1.54) is 38.9 Å². The summed E-state index contributed by atoms with van der Waals surface area (Å²) in [5, 5.41) is 3.66. The van der Waals surface area contributed by atoms with Crippen LogP contribution in [0.3, 0.4) is 0 Å². The number of rotatable bonds is 5. The zero-order valence-electron chi connectivity index (χ0n) is 12.1. The minimum Gasteiger partial charge on any atom is -0.314 e. The van der Waals surface area contributed by atoms with Gasteiger partial charge in [-0.05, 0) is 50.5 Å². The van der Waals surface area contributed by atoms with Crippen molar-refractivity contribution in [2.75, 3.05) is 19.6 Å². The molecule has 2 fully saturated rings. The van der Waals surface area contributed by atoms with Gasteiger partial charge in [-0.15, -0.1) is 0 Å². The standard InChI is InChI=1S/C15H30N2/c1-11-7-13(3)14(4)17(9-11)10-12(2)8-16-15-5-6-15/h11-16H,5-10H2,1-4H3. The Kier molecular flexibility index (Phi) is 4.48. The van der Waals surface area contributed by atoms with Gasteiger partial charge in [-0.3, -0.25) is 4.90 Å². The van der Waals surface area contributed by atoms with Crippen molar-refractivity contribution in [2.45, 2.75) is 59.0 Å². The Labute approximate surface area is 107 Å². The molecule has 2 rings (SSSR count). The monoisotopic (exact) mass is 238 g/mol. The van der Waals surface area contributed by atoms with Crippen molar-refractivity contribution in [3.05, 3.63) is 0 Å². The molecular formula is C15H30N2. The molecule has 1 aliphatic heterocycles. The zero-order valence-corrected chi connectivity index (χ0v) is 12.1. The predicted octanol–water partition coefficient (Wildman–Crippen LogP) is 2.74. The molecule has 4 atom stereocenters. The third-order valence-electron chi connectivity index (χ3n) is 4.60. The number of nitrogens with one attached hydrogen (secondary N) is 1. The van der Waals surface area contributed by atoms with Crippen LogP contribution in [-0.4, -0.2) is 36.6 Å². The first-order chi connectivity index (χ1) is 8.06. The van der Waals surface area contributed by atoms with Crippen LogP contribution in [0.5, 0.6) is 0 Å². The first kappa shape index (κ1) is 13.4. The van der Waals surface area contributed by atoms with Crippen molar-refractivity contribution in [3.8, 4) is 0 Å². The summed E-state index contributed by atoms with van der Waals surface area (Å²) in [7, 11) is 0. The first-order valence-electron chi connectivity index (χ1n) is 7.53. The fraction of sp³-hybridized carbons (Fsp3) is 1.00. The van der Waals surface area contributed by atoms with Gasteiger partial charge >= 0.3 is 0 Å². The maximum atomic E-state index is 3.66. The number of piperidine rings is 1. The fourth-order valence-electron chi connectivity index (χ4n) is 3.19. The van der Waals surface area contributed by atoms with Gasteiger partial charge in [-0.1, -0.05) is 20.8 Å². The van der Waals surface area contributed by atoms with Gasteiger partial charge in [0.1, 0.15) is 0 Å². The Morgan fingerprint density at radius 3 is 2.59 bits per heavy atom. The quantitative estimate of drug-likeness (QED) is 0.792. The van der Waals surface area contributed by atoms with Crippen LogP contribution in [-0.2, 0) is 0 Å². The van der Waals surface area contributed by atoms with Crippen LogP contribution in [0.4, 0.5) is 0 Å². The zero-order chi connectivity index (χ0) is 12.4. The van der Waals surface area contributed by atoms with Crippen LogP contribution in [0.1, 0.15) is 47.0 Å². The van der Waals surface area contributed by atoms with Crippen molar-refractivity contribution >= 4 is 0 Å². The lowest BCUT2D eigenvalue weighted by molar-refractivity contribution is 0.0669. The Morgan fingerprint density at radius 1 is 1.24 bits per heavy atom. The Bertz CT molecular complexity index is 237. The molecule has 0 bridgehead atoms. The second-order valence-electron chi connectivity index (χ2n) is 6.80. The molecular weight excluding hydrogens is 208 g/mol. The SMILES string of the molecule is CC(CNC1CC1)CN1CC(C)CC(C)C1C. The van der Waals surface area contributed by atoms with E-state index in [0.717, 1.165) is 29.8 Å². The van der Waals surface area contributed by atoms with Crippen LogP contribution in [0.15, 0.2) is 0 Å². The number of nitrogens with zero attached hydrogens (tertiary/aromatic N) is 1. The van der Waals surface area contributed by atoms with Crippen LogP contribution >= 0.6 is 0 Å². The second kappa shape index (κ2) is 5.71. The van der Waals surface area contributed by atoms with E-state index in [-0.39, 0.29) is 0 Å². The Morgan fingerprint density at radius 2 is 1.94 bits per heavy atom. The second-order valence-corrected chi connectivity index (χ2v) is 6.80. The van der Waals surface area contributed by atoms with Crippen LogP contribution < -0.4 is 5.32 Å². The maximum Gasteiger partial charge on any atom is 0.00929 e. The molecule has 0 amide bonds. The van der Waals surface area contributed by atoms with E-state index in [1.54, 1.807) is 0 Å². The number of hydrogen-bond donors (Lipinski definition) is 1. The molecule has 0 aromatic heterocycles. The van der Waals surface area contributed by atoms with E-state index in [9.17, 15) is 0 Å². The van der Waals surface area contributed by atoms with Gasteiger partial charge in [0.15, 0.2) is 0 Å². The third-order valence-corrected chi connectivity index (χ3v) is 4.60. The summed E-state index contributed by atoms with van der Waals surface area (Å²) in [5.41, 5.74) is 0. The van der Waals surface area contributed by atoms with E-state index >= 15 is 0 Å². The molecule has 2 nitrogen and oxygen atoms in total. The number of hydrogen-bond acceptors (Lipinski definition) is 2. The van der Waals surface area contributed by atoms with Gasteiger partial charge in [0.25, 0.3) is 0 Å². The fourth-order valence-corrected chi connectivity index (χ4v) is 3.19. The van der Waals surface area contributed by atoms with Crippen molar-refractivity contribution in [3.63, 3.8) is 0 Å². The third kappa shape index (κ3) is 3.96. The molecule has 1 saturated carbocycles. The molecule has 1 heterocycles. The normalized spacial score (nSPS) is 37.1. The lowest BCUT2D eigenvalue weighted by atomic mass is 9.85. The van der Waals surface area contributed by atoms with E-state index in [4.69, 9.17) is 0 Å². The minimum atomic E-state index is 0.773. The smallest absolute Gasteiger partial charge is 0.00929 e. The van der Waals surface area contributed by atoms with Crippen molar-refractivity contribution < 1.29 is 0 Å². The molecule has 17 heavy (non-hydrogen) atoms. The summed E-state index contributed by atoms with van der Waals surface area (Å²) in [6, 6.07) is 1.63. The molecule has 0 aromatic carbocycles. The molecule has 2 aliphatic rings. The highest BCUT2D eigenvalue weighted by Gasteiger charge is 2.29. The molecule has 0 aromatic rings. The van der Waals surface area contributed by atoms with Gasteiger partial charge in [-0.2, -0.15) is 0 Å². The van der Waals surface area contributed by atoms with Gasteiger partial charge in [0.2, 0.25) is 0 Å². The molecule has 0 spiro atoms. The van der Waals surface area contributed by atoms with Gasteiger partial charge in [-0.25, -0.2) is 0 Å². The molecule has 1 aliphatic carbocycles. The average Bonchev–Trinajstić information content (AvgIpc) is 3.06. The van der Waals surface area contributed by atoms with Crippen molar-refractivity contribution in [2.24, 2.45) is 17.8 Å². The van der Waals surface area contributed by atoms with Gasteiger partial charge in [0.05, 0.1) is 0 Å². The van der Waals surface area contributed by atoms with Crippen LogP contribution in [0.25, 0.3) is 0 Å². The Hall–Kier alpha value is -0.0800. The minimum absolute atomic E-state index is 0.773. The van der Waals surface area contributed by atoms with Crippen molar-refractivity contribution in [1.29, 1.82) is 0 Å². The maximum absolute atomic E-state index is 3.66. The molecule has 1 N–H and O–H groups in total. The summed E-state index contributed by atoms with van der Waals surface area (Å²) >= 11 is 0. The highest BCUT2D eigenvalue weighted by molar-refractivity contribution is 4.85. The van der Waals surface area contributed by atoms with Crippen LogP contribution in [0.2, 0.25) is 0 Å². The summed E-state index contributed by atoms with van der Waals surface area (Å²) in [5.74, 6) is 2.53. The highest BCUT2D eigenvalue weighted by Crippen LogP contribution is 2.27. The van der Waals surface area contributed by atoms with Crippen LogP contribution in [0, 0.1) is 17.8 Å². The average molecular weight is 238 g/mol. The summed E-state index contributed by atoms with van der Waals surface area (Å²) in [4.78, 5) is 2.72. The van der Waals surface area contributed by atoms with Gasteiger partial charge < -0.3 is 5.32 Å². The van der Waals surface area contributed by atoms with E-state index in [2.05, 4.69) is 37.9 Å². The summed E-state index contributed by atoms with van der Waals surface area (Å²) in [6.07, 6.45) is 4.22. The van der Waals surface area contributed by atoms with E-state index < -0.39 is 0 Å². The summed E-state index contributed by atoms with van der Waals surface area (Å²) < 4.78 is 0. The topological polar surface area (TPSA) is 15.3 Å². The van der Waals surface area contributed by atoms with E-state index in [1.807, 2.05) is 0 Å². The lowest BCUT2D eigenvalue weighted by Gasteiger charge is -2.42. The molecule has 100 valence electrons. The summed E-state index contributed by atoms with van der Waals surface area (Å²) in [6.45, 7) is 13.4. The molecule has 2 heteroatoms. The van der Waals surface area contributed by atoms with Gasteiger partial charge in [0, 0.05) is 25.2 Å². The van der Waals surface area contributed by atoms with Crippen molar-refractivity contribution in [1.82, 2.24) is 10.2 Å². The lowest BCUT2D eigenvalue weighted by Crippen LogP contribution is -2.48. The predicted molar refractivity (Wildman–Crippen MR) is 74.2 cm³/mol. The molecule has 4 unspecified atom stereocenters. The molecule has 1 saturated heterocycles.